The van der Waals surface area contributed by atoms with Gasteiger partial charge in [0.25, 0.3) is 0 Å². The quantitative estimate of drug-likeness (QED) is 0.734. The average molecular weight is 264 g/mol. The molecule has 0 fully saturated rings. The van der Waals surface area contributed by atoms with Gasteiger partial charge in [-0.25, -0.2) is 0 Å². The van der Waals surface area contributed by atoms with E-state index >= 15 is 0 Å². The number of carbonyl (C=O) groups excluding carboxylic acids is 1. The van der Waals surface area contributed by atoms with Crippen LogP contribution in [0.4, 0.5) is 5.69 Å². The van der Waals surface area contributed by atoms with Crippen molar-refractivity contribution in [3.63, 3.8) is 0 Å². The lowest BCUT2D eigenvalue weighted by Crippen LogP contribution is -2.33. The first kappa shape index (κ1) is 15.3. The third-order valence-electron chi connectivity index (χ3n) is 2.80. The van der Waals surface area contributed by atoms with Crippen LogP contribution in [0.3, 0.4) is 0 Å². The van der Waals surface area contributed by atoms with Gasteiger partial charge in [0, 0.05) is 18.8 Å². The predicted molar refractivity (Wildman–Crippen MR) is 78.1 cm³/mol. The summed E-state index contributed by atoms with van der Waals surface area (Å²) in [5, 5.41) is 0. The van der Waals surface area contributed by atoms with Gasteiger partial charge in [0.15, 0.2) is 0 Å². The molecule has 0 heterocycles. The molecule has 1 aromatic rings. The highest BCUT2D eigenvalue weighted by Gasteiger charge is 2.11. The van der Waals surface area contributed by atoms with Crippen LogP contribution in [0.25, 0.3) is 0 Å². The van der Waals surface area contributed by atoms with Crippen molar-refractivity contribution in [2.24, 2.45) is 0 Å². The molecular weight excluding hydrogens is 240 g/mol. The Kier molecular flexibility index (Phi) is 6.79. The number of amides is 1. The monoisotopic (exact) mass is 264 g/mol. The lowest BCUT2D eigenvalue weighted by molar-refractivity contribution is -0.131. The summed E-state index contributed by atoms with van der Waals surface area (Å²) in [6.07, 6.45) is 2.40. The Morgan fingerprint density at radius 3 is 2.26 bits per heavy atom. The Labute approximate surface area is 115 Å². The van der Waals surface area contributed by atoms with Crippen molar-refractivity contribution < 1.29 is 9.53 Å². The Morgan fingerprint density at radius 2 is 1.74 bits per heavy atom. The minimum absolute atomic E-state index is 0.166. The Morgan fingerprint density at radius 1 is 1.16 bits per heavy atom. The summed E-state index contributed by atoms with van der Waals surface area (Å²) in [5.74, 6) is 0.915. The maximum Gasteiger partial charge on any atom is 0.225 e. The zero-order valence-corrected chi connectivity index (χ0v) is 11.9. The number of benzene rings is 1. The molecule has 1 aromatic carbocycles. The summed E-state index contributed by atoms with van der Waals surface area (Å²) in [7, 11) is 0. The number of hydrogen-bond donors (Lipinski definition) is 1. The van der Waals surface area contributed by atoms with E-state index in [1.165, 1.54) is 0 Å². The van der Waals surface area contributed by atoms with Gasteiger partial charge in [-0.05, 0) is 37.1 Å². The molecule has 0 atom stereocenters. The molecule has 0 saturated carbocycles. The van der Waals surface area contributed by atoms with Crippen LogP contribution >= 0.6 is 0 Å². The molecule has 2 N–H and O–H groups in total. The highest BCUT2D eigenvalue weighted by Crippen LogP contribution is 2.13. The molecule has 0 aromatic heterocycles. The summed E-state index contributed by atoms with van der Waals surface area (Å²) in [4.78, 5) is 13.9. The van der Waals surface area contributed by atoms with Crippen LogP contribution in [-0.2, 0) is 4.79 Å². The van der Waals surface area contributed by atoms with Gasteiger partial charge >= 0.3 is 0 Å². The third kappa shape index (κ3) is 5.64. The van der Waals surface area contributed by atoms with E-state index in [4.69, 9.17) is 10.5 Å². The van der Waals surface area contributed by atoms with Gasteiger partial charge < -0.3 is 15.4 Å². The van der Waals surface area contributed by atoms with E-state index in [2.05, 4.69) is 13.8 Å². The molecule has 0 bridgehead atoms. The molecule has 0 saturated heterocycles. The summed E-state index contributed by atoms with van der Waals surface area (Å²) in [6.45, 7) is 6.23. The van der Waals surface area contributed by atoms with Crippen LogP contribution in [0.1, 0.15) is 33.1 Å². The van der Waals surface area contributed by atoms with Crippen LogP contribution in [0.15, 0.2) is 24.3 Å². The van der Waals surface area contributed by atoms with Gasteiger partial charge in [-0.3, -0.25) is 4.79 Å². The standard InChI is InChI=1S/C15H24N2O2/c1-3-10-17(11-4-2)15(18)9-12-19-14-7-5-13(16)6-8-14/h5-8H,3-4,9-12,16H2,1-2H3. The minimum atomic E-state index is 0.166. The van der Waals surface area contributed by atoms with Gasteiger partial charge in [0.1, 0.15) is 5.75 Å². The smallest absolute Gasteiger partial charge is 0.225 e. The van der Waals surface area contributed by atoms with E-state index in [1.807, 2.05) is 17.0 Å². The van der Waals surface area contributed by atoms with Crippen molar-refractivity contribution in [1.82, 2.24) is 4.90 Å². The number of nitrogens with zero attached hydrogens (tertiary/aromatic N) is 1. The number of rotatable bonds is 8. The molecule has 4 nitrogen and oxygen atoms in total. The largest absolute Gasteiger partial charge is 0.493 e. The fraction of sp³-hybridized carbons (Fsp3) is 0.533. The van der Waals surface area contributed by atoms with Crippen molar-refractivity contribution in [2.45, 2.75) is 33.1 Å². The SMILES string of the molecule is CCCN(CCC)C(=O)CCOc1ccc(N)cc1. The highest BCUT2D eigenvalue weighted by molar-refractivity contribution is 5.76. The molecule has 106 valence electrons. The Bertz CT molecular complexity index is 370. The number of ether oxygens (including phenoxy) is 1. The summed E-state index contributed by atoms with van der Waals surface area (Å²) in [6, 6.07) is 7.21. The normalized spacial score (nSPS) is 10.2. The average Bonchev–Trinajstić information content (AvgIpc) is 2.40. The molecule has 19 heavy (non-hydrogen) atoms. The van der Waals surface area contributed by atoms with Crippen LogP contribution in [0, 0.1) is 0 Å². The zero-order chi connectivity index (χ0) is 14.1. The second kappa shape index (κ2) is 8.40. The molecule has 1 rings (SSSR count). The van der Waals surface area contributed by atoms with Crippen LogP contribution < -0.4 is 10.5 Å². The topological polar surface area (TPSA) is 55.6 Å². The Balaban J connectivity index is 2.34. The number of nitrogens with two attached hydrogens (primary N) is 1. The number of anilines is 1. The lowest BCUT2D eigenvalue weighted by Gasteiger charge is -2.21. The van der Waals surface area contributed by atoms with Crippen molar-refractivity contribution in [2.75, 3.05) is 25.4 Å². The zero-order valence-electron chi connectivity index (χ0n) is 11.9. The first-order chi connectivity index (χ1) is 9.17. The highest BCUT2D eigenvalue weighted by atomic mass is 16.5. The fourth-order valence-corrected chi connectivity index (χ4v) is 1.88. The second-order valence-corrected chi connectivity index (χ2v) is 4.55. The molecule has 1 amide bonds. The van der Waals surface area contributed by atoms with Gasteiger partial charge in [0.05, 0.1) is 13.0 Å². The summed E-state index contributed by atoms with van der Waals surface area (Å²) in [5.41, 5.74) is 6.30. The predicted octanol–water partition coefficient (Wildman–Crippen LogP) is 2.69. The summed E-state index contributed by atoms with van der Waals surface area (Å²) < 4.78 is 5.54. The van der Waals surface area contributed by atoms with Crippen molar-refractivity contribution in [1.29, 1.82) is 0 Å². The third-order valence-corrected chi connectivity index (χ3v) is 2.80. The summed E-state index contributed by atoms with van der Waals surface area (Å²) >= 11 is 0. The molecule has 4 heteroatoms. The van der Waals surface area contributed by atoms with Gasteiger partial charge in [-0.15, -0.1) is 0 Å². The number of carbonyl (C=O) groups is 1. The van der Waals surface area contributed by atoms with Gasteiger partial charge in [-0.2, -0.15) is 0 Å². The van der Waals surface area contributed by atoms with Gasteiger partial charge in [-0.1, -0.05) is 13.8 Å². The van der Waals surface area contributed by atoms with Crippen molar-refractivity contribution in [3.05, 3.63) is 24.3 Å². The maximum absolute atomic E-state index is 12.0. The first-order valence-corrected chi connectivity index (χ1v) is 6.93. The van der Waals surface area contributed by atoms with E-state index in [0.717, 1.165) is 31.7 Å². The molecule has 0 aliphatic rings. The van der Waals surface area contributed by atoms with E-state index < -0.39 is 0 Å². The van der Waals surface area contributed by atoms with Crippen LogP contribution in [0.2, 0.25) is 0 Å². The molecule has 0 aliphatic carbocycles. The number of hydrogen-bond acceptors (Lipinski definition) is 3. The van der Waals surface area contributed by atoms with E-state index in [0.29, 0.717) is 18.7 Å². The van der Waals surface area contributed by atoms with E-state index in [9.17, 15) is 4.79 Å². The van der Waals surface area contributed by atoms with Crippen molar-refractivity contribution >= 4 is 11.6 Å². The second-order valence-electron chi connectivity index (χ2n) is 4.55. The van der Waals surface area contributed by atoms with Crippen LogP contribution in [0.5, 0.6) is 5.75 Å². The van der Waals surface area contributed by atoms with E-state index in [1.54, 1.807) is 12.1 Å². The van der Waals surface area contributed by atoms with Crippen molar-refractivity contribution in [3.8, 4) is 5.75 Å². The molecule has 0 unspecified atom stereocenters. The van der Waals surface area contributed by atoms with E-state index in [-0.39, 0.29) is 5.91 Å². The minimum Gasteiger partial charge on any atom is -0.493 e. The Hall–Kier alpha value is -1.71. The molecule has 0 aliphatic heterocycles. The lowest BCUT2D eigenvalue weighted by atomic mass is 10.3. The fourth-order valence-electron chi connectivity index (χ4n) is 1.88. The van der Waals surface area contributed by atoms with Crippen LogP contribution in [-0.4, -0.2) is 30.5 Å². The molecule has 0 spiro atoms. The van der Waals surface area contributed by atoms with Gasteiger partial charge in [0.2, 0.25) is 5.91 Å². The maximum atomic E-state index is 12.0. The number of nitrogen functional groups attached to an aromatic ring is 1. The molecule has 0 radical (unpaired) electrons. The molecular formula is C15H24N2O2. The first-order valence-electron chi connectivity index (χ1n) is 6.93.